The lowest BCUT2D eigenvalue weighted by molar-refractivity contribution is -0.158. The summed E-state index contributed by atoms with van der Waals surface area (Å²) in [5.74, 6) is 3.20. The van der Waals surface area contributed by atoms with Crippen LogP contribution in [0.25, 0.3) is 0 Å². The summed E-state index contributed by atoms with van der Waals surface area (Å²) in [6.45, 7) is 6.44. The third-order valence-corrected chi connectivity index (χ3v) is 8.76. The van der Waals surface area contributed by atoms with Gasteiger partial charge in [-0.3, -0.25) is 9.59 Å². The Morgan fingerprint density at radius 3 is 2.52 bits per heavy atom. The van der Waals surface area contributed by atoms with E-state index in [0.717, 1.165) is 12.3 Å². The zero-order valence-corrected chi connectivity index (χ0v) is 15.1. The lowest BCUT2D eigenvalue weighted by atomic mass is 9.44. The molecule has 0 unspecified atom stereocenters. The molecule has 4 rings (SSSR count). The molecule has 0 spiro atoms. The summed E-state index contributed by atoms with van der Waals surface area (Å²) >= 11 is 0. The van der Waals surface area contributed by atoms with Crippen LogP contribution >= 0.6 is 0 Å². The number of fused-ring (bicyclic) bond motifs is 5. The van der Waals surface area contributed by atoms with E-state index in [1.807, 2.05) is 0 Å². The SMILES string of the molecule is CC(=O)[C@H]1CC[C@H]2[C@@H]3CC[C@H]4CCCC[C@]4(C)[C@H]3C(=O)C[C@]12C. The molecule has 0 radical (unpaired) electrons. The average molecular weight is 316 g/mol. The Morgan fingerprint density at radius 1 is 1.00 bits per heavy atom. The molecule has 23 heavy (non-hydrogen) atoms. The van der Waals surface area contributed by atoms with Crippen LogP contribution in [0.2, 0.25) is 0 Å². The molecule has 0 amide bonds. The van der Waals surface area contributed by atoms with Crippen LogP contribution in [0.1, 0.15) is 78.6 Å². The van der Waals surface area contributed by atoms with Crippen molar-refractivity contribution in [2.45, 2.75) is 78.6 Å². The third kappa shape index (κ3) is 2.05. The fourth-order valence-electron chi connectivity index (χ4n) is 7.78. The summed E-state index contributed by atoms with van der Waals surface area (Å²) in [6.07, 6.45) is 10.7. The Hall–Kier alpha value is -0.660. The number of ketones is 2. The second-order valence-corrected chi connectivity index (χ2v) is 9.66. The first-order valence-corrected chi connectivity index (χ1v) is 9.91. The van der Waals surface area contributed by atoms with Crippen molar-refractivity contribution < 1.29 is 9.59 Å². The first-order chi connectivity index (χ1) is 10.9. The van der Waals surface area contributed by atoms with Crippen LogP contribution in [0.3, 0.4) is 0 Å². The topological polar surface area (TPSA) is 34.1 Å². The van der Waals surface area contributed by atoms with E-state index in [9.17, 15) is 9.59 Å². The van der Waals surface area contributed by atoms with Gasteiger partial charge in [-0.05, 0) is 74.0 Å². The van der Waals surface area contributed by atoms with Gasteiger partial charge < -0.3 is 0 Å². The van der Waals surface area contributed by atoms with E-state index >= 15 is 0 Å². The number of Topliss-reactive ketones (excluding diaryl/α,β-unsaturated/α-hetero) is 2. The van der Waals surface area contributed by atoms with Crippen molar-refractivity contribution in [2.24, 2.45) is 40.4 Å². The van der Waals surface area contributed by atoms with E-state index in [2.05, 4.69) is 13.8 Å². The highest BCUT2D eigenvalue weighted by Gasteiger charge is 2.63. The van der Waals surface area contributed by atoms with E-state index in [4.69, 9.17) is 0 Å². The minimum Gasteiger partial charge on any atom is -0.300 e. The van der Waals surface area contributed by atoms with Crippen molar-refractivity contribution >= 4 is 11.6 Å². The van der Waals surface area contributed by atoms with Gasteiger partial charge in [0.1, 0.15) is 11.6 Å². The summed E-state index contributed by atoms with van der Waals surface area (Å²) in [6, 6.07) is 0. The molecule has 4 aliphatic rings. The standard InChI is InChI=1S/C21H32O2/c1-13(22)16-9-10-17-15-8-7-14-6-4-5-11-20(14,2)19(15)18(23)12-21(16,17)3/h14-17,19H,4-12H2,1-3H3/t14-,15+,16-,17+,19-,20+,21-/m1/s1. The van der Waals surface area contributed by atoms with Gasteiger partial charge in [-0.2, -0.15) is 0 Å². The molecule has 0 aliphatic heterocycles. The first kappa shape index (κ1) is 15.8. The molecule has 7 atom stereocenters. The number of rotatable bonds is 1. The Kier molecular flexibility index (Phi) is 3.56. The molecular formula is C21H32O2. The van der Waals surface area contributed by atoms with Crippen molar-refractivity contribution in [1.29, 1.82) is 0 Å². The smallest absolute Gasteiger partial charge is 0.137 e. The molecule has 0 bridgehead atoms. The molecule has 0 N–H and O–H groups in total. The second kappa shape index (κ2) is 5.17. The molecule has 0 aromatic rings. The zero-order chi connectivity index (χ0) is 16.4. The summed E-state index contributed by atoms with van der Waals surface area (Å²) in [5, 5.41) is 0. The van der Waals surface area contributed by atoms with Gasteiger partial charge in [0.2, 0.25) is 0 Å². The molecule has 0 heterocycles. The van der Waals surface area contributed by atoms with Crippen LogP contribution in [-0.2, 0) is 9.59 Å². The van der Waals surface area contributed by atoms with E-state index in [1.165, 1.54) is 44.9 Å². The molecule has 0 saturated heterocycles. The van der Waals surface area contributed by atoms with Gasteiger partial charge >= 0.3 is 0 Å². The Bertz CT molecular complexity index is 538. The maximum absolute atomic E-state index is 13.3. The average Bonchev–Trinajstić information content (AvgIpc) is 2.82. The predicted octanol–water partition coefficient (Wildman–Crippen LogP) is 4.80. The molecule has 128 valence electrons. The van der Waals surface area contributed by atoms with E-state index in [1.54, 1.807) is 6.92 Å². The first-order valence-electron chi connectivity index (χ1n) is 9.91. The van der Waals surface area contributed by atoms with Crippen LogP contribution < -0.4 is 0 Å². The lowest BCUT2D eigenvalue weighted by Crippen LogP contribution is -2.57. The summed E-state index contributed by atoms with van der Waals surface area (Å²) < 4.78 is 0. The zero-order valence-electron chi connectivity index (χ0n) is 15.1. The van der Waals surface area contributed by atoms with E-state index in [-0.39, 0.29) is 16.7 Å². The van der Waals surface area contributed by atoms with Crippen LogP contribution in [-0.4, -0.2) is 11.6 Å². The highest BCUT2D eigenvalue weighted by molar-refractivity contribution is 5.87. The van der Waals surface area contributed by atoms with E-state index < -0.39 is 0 Å². The maximum atomic E-state index is 13.3. The second-order valence-electron chi connectivity index (χ2n) is 9.66. The minimum atomic E-state index is -0.0397. The van der Waals surface area contributed by atoms with Crippen molar-refractivity contribution in [2.75, 3.05) is 0 Å². The van der Waals surface area contributed by atoms with Crippen LogP contribution in [0, 0.1) is 40.4 Å². The fourth-order valence-corrected chi connectivity index (χ4v) is 7.78. The Morgan fingerprint density at radius 2 is 1.78 bits per heavy atom. The van der Waals surface area contributed by atoms with Crippen molar-refractivity contribution in [3.8, 4) is 0 Å². The summed E-state index contributed by atoms with van der Waals surface area (Å²) in [4.78, 5) is 25.4. The van der Waals surface area contributed by atoms with Crippen LogP contribution in [0.15, 0.2) is 0 Å². The molecule has 2 nitrogen and oxygen atoms in total. The molecule has 2 heteroatoms. The van der Waals surface area contributed by atoms with Crippen LogP contribution in [0.4, 0.5) is 0 Å². The number of carbonyl (C=O) groups excluding carboxylic acids is 2. The van der Waals surface area contributed by atoms with Gasteiger partial charge in [0.25, 0.3) is 0 Å². The fraction of sp³-hybridized carbons (Fsp3) is 0.905. The van der Waals surface area contributed by atoms with Gasteiger partial charge in [0.15, 0.2) is 0 Å². The maximum Gasteiger partial charge on any atom is 0.137 e. The molecular weight excluding hydrogens is 284 g/mol. The predicted molar refractivity (Wildman–Crippen MR) is 90.9 cm³/mol. The van der Waals surface area contributed by atoms with Crippen molar-refractivity contribution in [3.05, 3.63) is 0 Å². The summed E-state index contributed by atoms with van der Waals surface area (Å²) in [7, 11) is 0. The third-order valence-electron chi connectivity index (χ3n) is 8.76. The molecule has 4 fully saturated rings. The quantitative estimate of drug-likeness (QED) is 0.696. The largest absolute Gasteiger partial charge is 0.300 e. The van der Waals surface area contributed by atoms with E-state index in [0.29, 0.717) is 35.7 Å². The Labute approximate surface area is 140 Å². The summed E-state index contributed by atoms with van der Waals surface area (Å²) in [5.41, 5.74) is 0.218. The molecule has 4 saturated carbocycles. The highest BCUT2D eigenvalue weighted by Crippen LogP contribution is 2.66. The lowest BCUT2D eigenvalue weighted by Gasteiger charge is -2.59. The van der Waals surface area contributed by atoms with Crippen molar-refractivity contribution in [3.63, 3.8) is 0 Å². The van der Waals surface area contributed by atoms with Crippen molar-refractivity contribution in [1.82, 2.24) is 0 Å². The minimum absolute atomic E-state index is 0.0397. The van der Waals surface area contributed by atoms with Gasteiger partial charge in [0.05, 0.1) is 0 Å². The highest BCUT2D eigenvalue weighted by atomic mass is 16.1. The van der Waals surface area contributed by atoms with Crippen LogP contribution in [0.5, 0.6) is 0 Å². The number of carbonyl (C=O) groups is 2. The Balaban J connectivity index is 1.70. The number of hydrogen-bond donors (Lipinski definition) is 0. The van der Waals surface area contributed by atoms with Gasteiger partial charge in [-0.15, -0.1) is 0 Å². The molecule has 0 aromatic heterocycles. The monoisotopic (exact) mass is 316 g/mol. The molecule has 0 aromatic carbocycles. The normalized spacial score (nSPS) is 52.5. The number of hydrogen-bond acceptors (Lipinski definition) is 2. The van der Waals surface area contributed by atoms with Gasteiger partial charge in [0, 0.05) is 18.3 Å². The van der Waals surface area contributed by atoms with Gasteiger partial charge in [-0.25, -0.2) is 0 Å². The van der Waals surface area contributed by atoms with Gasteiger partial charge in [-0.1, -0.05) is 26.7 Å². The molecule has 4 aliphatic carbocycles.